The Morgan fingerprint density at radius 3 is 2.33 bits per heavy atom. The van der Waals surface area contributed by atoms with Crippen LogP contribution in [-0.4, -0.2) is 54.6 Å². The van der Waals surface area contributed by atoms with Gasteiger partial charge in [-0.25, -0.2) is 0 Å². The lowest BCUT2D eigenvalue weighted by atomic mass is 9.71. The molecule has 3 saturated heterocycles. The molecule has 3 nitrogen and oxygen atoms in total. The third kappa shape index (κ3) is 1.71. The number of nitrogens with two attached hydrogens (primary N) is 1. The van der Waals surface area contributed by atoms with Crippen molar-refractivity contribution in [2.75, 3.05) is 33.2 Å². The fraction of sp³-hybridized carbons (Fsp3) is 1.00. The average molecular weight is 211 g/mol. The van der Waals surface area contributed by atoms with E-state index in [9.17, 15) is 0 Å². The van der Waals surface area contributed by atoms with Gasteiger partial charge in [0.2, 0.25) is 0 Å². The van der Waals surface area contributed by atoms with Crippen LogP contribution in [0.15, 0.2) is 0 Å². The molecular formula is C12H25N3. The van der Waals surface area contributed by atoms with Gasteiger partial charge in [0.1, 0.15) is 0 Å². The van der Waals surface area contributed by atoms with Crippen molar-refractivity contribution in [1.82, 2.24) is 9.80 Å². The van der Waals surface area contributed by atoms with Gasteiger partial charge < -0.3 is 10.6 Å². The summed E-state index contributed by atoms with van der Waals surface area (Å²) in [6.07, 6.45) is 2.68. The molecule has 3 heterocycles. The molecule has 2 bridgehead atoms. The molecule has 15 heavy (non-hydrogen) atoms. The molecule has 3 aliphatic heterocycles. The summed E-state index contributed by atoms with van der Waals surface area (Å²) in [6.45, 7) is 9.12. The van der Waals surface area contributed by atoms with Crippen LogP contribution in [-0.2, 0) is 0 Å². The van der Waals surface area contributed by atoms with E-state index in [0.29, 0.717) is 6.04 Å². The van der Waals surface area contributed by atoms with E-state index in [0.717, 1.165) is 12.5 Å². The highest BCUT2D eigenvalue weighted by Crippen LogP contribution is 2.39. The summed E-state index contributed by atoms with van der Waals surface area (Å²) in [4.78, 5) is 5.11. The standard InChI is InChI=1S/C12H25N3/c1-10(2)14(3)12(8-13)9-15-6-4-11(12)5-7-15/h10-11H,4-9,13H2,1-3H3. The number of nitrogens with zero attached hydrogens (tertiary/aromatic N) is 2. The molecule has 3 rings (SSSR count). The number of hydrogen-bond acceptors (Lipinski definition) is 3. The van der Waals surface area contributed by atoms with Gasteiger partial charge >= 0.3 is 0 Å². The van der Waals surface area contributed by atoms with Crippen LogP contribution in [0.5, 0.6) is 0 Å². The molecule has 0 amide bonds. The Hall–Kier alpha value is -0.120. The summed E-state index contributed by atoms with van der Waals surface area (Å²) in [5, 5.41) is 0. The van der Waals surface area contributed by atoms with Gasteiger partial charge in [0.25, 0.3) is 0 Å². The van der Waals surface area contributed by atoms with E-state index in [-0.39, 0.29) is 5.54 Å². The van der Waals surface area contributed by atoms with Crippen molar-refractivity contribution in [3.8, 4) is 0 Å². The molecule has 0 aromatic heterocycles. The quantitative estimate of drug-likeness (QED) is 0.748. The summed E-state index contributed by atoms with van der Waals surface area (Å²) < 4.78 is 0. The first-order valence-electron chi connectivity index (χ1n) is 6.25. The van der Waals surface area contributed by atoms with Gasteiger partial charge in [-0.05, 0) is 52.7 Å². The largest absolute Gasteiger partial charge is 0.329 e. The summed E-state index contributed by atoms with van der Waals surface area (Å²) in [5.74, 6) is 0.819. The minimum atomic E-state index is 0.255. The molecule has 0 aliphatic carbocycles. The summed E-state index contributed by atoms with van der Waals surface area (Å²) in [5.41, 5.74) is 6.35. The molecule has 3 heteroatoms. The fourth-order valence-corrected chi connectivity index (χ4v) is 3.43. The third-order valence-corrected chi connectivity index (χ3v) is 4.68. The molecule has 1 atom stereocenters. The number of fused-ring (bicyclic) bond motifs is 3. The molecule has 3 fully saturated rings. The molecular weight excluding hydrogens is 186 g/mol. The Bertz CT molecular complexity index is 217. The van der Waals surface area contributed by atoms with Crippen LogP contribution < -0.4 is 5.73 Å². The van der Waals surface area contributed by atoms with Crippen LogP contribution in [0.25, 0.3) is 0 Å². The van der Waals surface area contributed by atoms with Gasteiger partial charge in [0, 0.05) is 24.7 Å². The molecule has 1 unspecified atom stereocenters. The first kappa shape index (κ1) is 11.4. The van der Waals surface area contributed by atoms with Gasteiger partial charge in [-0.2, -0.15) is 0 Å². The highest BCUT2D eigenvalue weighted by Gasteiger charge is 2.48. The molecule has 0 spiro atoms. The topological polar surface area (TPSA) is 32.5 Å². The lowest BCUT2D eigenvalue weighted by molar-refractivity contribution is -0.0677. The predicted octanol–water partition coefficient (Wildman–Crippen LogP) is 0.750. The molecule has 88 valence electrons. The van der Waals surface area contributed by atoms with Crippen LogP contribution in [0.3, 0.4) is 0 Å². The highest BCUT2D eigenvalue weighted by molar-refractivity contribution is 5.05. The van der Waals surface area contributed by atoms with E-state index in [2.05, 4.69) is 30.7 Å². The summed E-state index contributed by atoms with van der Waals surface area (Å²) >= 11 is 0. The third-order valence-electron chi connectivity index (χ3n) is 4.68. The Labute approximate surface area is 93.6 Å². The first-order chi connectivity index (χ1) is 7.10. The van der Waals surface area contributed by atoms with Gasteiger partial charge in [0.05, 0.1) is 0 Å². The van der Waals surface area contributed by atoms with Gasteiger partial charge in [-0.15, -0.1) is 0 Å². The van der Waals surface area contributed by atoms with Crippen molar-refractivity contribution < 1.29 is 0 Å². The Morgan fingerprint density at radius 2 is 2.00 bits per heavy atom. The van der Waals surface area contributed by atoms with Crippen LogP contribution >= 0.6 is 0 Å². The number of likely N-dealkylation sites (N-methyl/N-ethyl adjacent to an activating group) is 1. The predicted molar refractivity (Wildman–Crippen MR) is 63.8 cm³/mol. The van der Waals surface area contributed by atoms with E-state index in [4.69, 9.17) is 5.73 Å². The van der Waals surface area contributed by atoms with Crippen LogP contribution in [0.1, 0.15) is 26.7 Å². The van der Waals surface area contributed by atoms with E-state index in [1.165, 1.54) is 32.5 Å². The first-order valence-corrected chi connectivity index (χ1v) is 6.25. The Balaban J connectivity index is 2.21. The molecule has 3 aliphatic rings. The zero-order chi connectivity index (χ0) is 11.1. The smallest absolute Gasteiger partial charge is 0.0487 e. The number of hydrogen-bond donors (Lipinski definition) is 1. The minimum absolute atomic E-state index is 0.255. The zero-order valence-corrected chi connectivity index (χ0v) is 10.4. The summed E-state index contributed by atoms with van der Waals surface area (Å²) in [7, 11) is 2.25. The number of piperidine rings is 3. The van der Waals surface area contributed by atoms with Crippen molar-refractivity contribution >= 4 is 0 Å². The Morgan fingerprint density at radius 1 is 1.40 bits per heavy atom. The fourth-order valence-electron chi connectivity index (χ4n) is 3.43. The zero-order valence-electron chi connectivity index (χ0n) is 10.4. The Kier molecular flexibility index (Phi) is 3.06. The molecule has 0 radical (unpaired) electrons. The van der Waals surface area contributed by atoms with E-state index >= 15 is 0 Å². The monoisotopic (exact) mass is 211 g/mol. The summed E-state index contributed by atoms with van der Waals surface area (Å²) in [6, 6.07) is 0.592. The van der Waals surface area contributed by atoms with Crippen molar-refractivity contribution in [2.24, 2.45) is 11.7 Å². The molecule has 0 saturated carbocycles. The minimum Gasteiger partial charge on any atom is -0.329 e. The second-order valence-electron chi connectivity index (χ2n) is 5.56. The van der Waals surface area contributed by atoms with Crippen molar-refractivity contribution in [3.63, 3.8) is 0 Å². The maximum absolute atomic E-state index is 6.10. The van der Waals surface area contributed by atoms with Crippen molar-refractivity contribution in [1.29, 1.82) is 0 Å². The van der Waals surface area contributed by atoms with Crippen LogP contribution in [0.4, 0.5) is 0 Å². The van der Waals surface area contributed by atoms with E-state index in [1.54, 1.807) is 0 Å². The number of rotatable bonds is 3. The van der Waals surface area contributed by atoms with Crippen molar-refractivity contribution in [2.45, 2.75) is 38.3 Å². The second-order valence-corrected chi connectivity index (χ2v) is 5.56. The average Bonchev–Trinajstić information content (AvgIpc) is 2.29. The maximum Gasteiger partial charge on any atom is 0.0487 e. The van der Waals surface area contributed by atoms with E-state index in [1.807, 2.05) is 0 Å². The lowest BCUT2D eigenvalue weighted by Crippen LogP contribution is -2.70. The van der Waals surface area contributed by atoms with Crippen molar-refractivity contribution in [3.05, 3.63) is 0 Å². The highest BCUT2D eigenvalue weighted by atomic mass is 15.3. The van der Waals surface area contributed by atoms with Crippen LogP contribution in [0.2, 0.25) is 0 Å². The van der Waals surface area contributed by atoms with E-state index < -0.39 is 0 Å². The van der Waals surface area contributed by atoms with Crippen LogP contribution in [0, 0.1) is 5.92 Å². The van der Waals surface area contributed by atoms with Gasteiger partial charge in [0.15, 0.2) is 0 Å². The lowest BCUT2D eigenvalue weighted by Gasteiger charge is -2.58. The molecule has 0 aromatic rings. The molecule has 2 N–H and O–H groups in total. The van der Waals surface area contributed by atoms with Gasteiger partial charge in [-0.1, -0.05) is 0 Å². The second kappa shape index (κ2) is 4.04. The van der Waals surface area contributed by atoms with Gasteiger partial charge in [-0.3, -0.25) is 4.90 Å². The normalized spacial score (nSPS) is 40.4. The molecule has 0 aromatic carbocycles. The maximum atomic E-state index is 6.10. The SMILES string of the molecule is CC(C)N(C)C1(CN)CN2CCC1CC2.